The highest BCUT2D eigenvalue weighted by atomic mass is 28.4. The Morgan fingerprint density at radius 3 is 1.64 bits per heavy atom. The number of carbonyl (C=O) groups is 2. The van der Waals surface area contributed by atoms with Crippen LogP contribution in [0, 0.1) is 17.6 Å². The van der Waals surface area contributed by atoms with Crippen molar-refractivity contribution in [1.82, 2.24) is 5.48 Å². The van der Waals surface area contributed by atoms with Gasteiger partial charge in [-0.1, -0.05) is 52.3 Å². The van der Waals surface area contributed by atoms with Crippen LogP contribution in [-0.4, -0.2) is 86.4 Å². The standard InChI is InChI=1S/C38H41F19N2O6Si/c1-19(2)66(20(3)4,16-13-31(41,42)32(43,44)33(45,46)34(47,48)35(49,50)36(51,52)37(53,54)38(55,56)57)64-15-14-63-25-10-7-23(8-11-25)29(22(6)21(5)17-28(60)59-62)65-30(61)58-27-12-9-24(39)18-26(27)40/h7-12,17-20,22,29,62H,13-16H2,1-6H3,(H,58,61)(H,59,60)/b21-17+/t22-,29-/m1/s1. The lowest BCUT2D eigenvalue weighted by Crippen LogP contribution is -2.74. The summed E-state index contributed by atoms with van der Waals surface area (Å²) in [5, 5.41) is 11.0. The molecule has 2 rings (SSSR count). The van der Waals surface area contributed by atoms with E-state index in [4.69, 9.17) is 19.1 Å². The van der Waals surface area contributed by atoms with Gasteiger partial charge < -0.3 is 13.9 Å². The molecule has 376 valence electrons. The first kappa shape index (κ1) is 57.7. The summed E-state index contributed by atoms with van der Waals surface area (Å²) in [6, 6.07) is 6.02. The van der Waals surface area contributed by atoms with Crippen molar-refractivity contribution in [3.63, 3.8) is 0 Å². The first-order valence-electron chi connectivity index (χ1n) is 18.9. The average Bonchev–Trinajstić information content (AvgIpc) is 3.19. The van der Waals surface area contributed by atoms with Gasteiger partial charge in [0.2, 0.25) is 0 Å². The molecule has 0 unspecified atom stereocenters. The van der Waals surface area contributed by atoms with Crippen LogP contribution in [0.25, 0.3) is 0 Å². The van der Waals surface area contributed by atoms with Crippen LogP contribution in [0.4, 0.5) is 93.9 Å². The molecule has 0 spiro atoms. The average molecular weight is 1010 g/mol. The summed E-state index contributed by atoms with van der Waals surface area (Å²) in [7, 11) is -4.07. The molecule has 2 amide bonds. The Kier molecular flexibility index (Phi) is 17.8. The molecular weight excluding hydrogens is 969 g/mol. The molecule has 0 aliphatic carbocycles. The number of alkyl halides is 17. The van der Waals surface area contributed by atoms with E-state index in [-0.39, 0.29) is 16.9 Å². The van der Waals surface area contributed by atoms with Crippen molar-refractivity contribution in [3.05, 3.63) is 71.3 Å². The Hall–Kier alpha value is -4.47. The molecule has 0 radical (unpaired) electrons. The number of rotatable bonds is 22. The molecule has 2 aromatic carbocycles. The van der Waals surface area contributed by atoms with Gasteiger partial charge in [0, 0.05) is 24.5 Å². The quantitative estimate of drug-likeness (QED) is 0.0271. The molecule has 2 atom stereocenters. The van der Waals surface area contributed by atoms with E-state index in [9.17, 15) is 93.0 Å². The molecular formula is C38H41F19N2O6Si. The fourth-order valence-electron chi connectivity index (χ4n) is 6.41. The van der Waals surface area contributed by atoms with E-state index in [0.29, 0.717) is 6.07 Å². The minimum Gasteiger partial charge on any atom is -0.491 e. The zero-order chi connectivity index (χ0) is 51.4. The summed E-state index contributed by atoms with van der Waals surface area (Å²) >= 11 is 0. The summed E-state index contributed by atoms with van der Waals surface area (Å²) < 4.78 is 280. The summed E-state index contributed by atoms with van der Waals surface area (Å²) in [6.07, 6.45) is -12.0. The minimum absolute atomic E-state index is 0.00424. The molecule has 0 saturated carbocycles. The largest absolute Gasteiger partial charge is 0.491 e. The SMILES string of the molecule is C/C(=C\C(=O)NO)[C@@H](C)[C@@H](OC(=O)Nc1ccc(F)cc1F)c1ccc(OCCO[Si](CCC(F)(F)C(F)(F)C(F)(F)C(F)(F)C(F)(F)C(F)(F)C(F)(F)C(F)(F)F)(C(C)C)C(C)C)cc1. The predicted molar refractivity (Wildman–Crippen MR) is 196 cm³/mol. The van der Waals surface area contributed by atoms with Crippen LogP contribution >= 0.6 is 0 Å². The van der Waals surface area contributed by atoms with Crippen molar-refractivity contribution in [2.24, 2.45) is 5.92 Å². The van der Waals surface area contributed by atoms with E-state index >= 15 is 0 Å². The minimum atomic E-state index is -8.73. The van der Waals surface area contributed by atoms with Gasteiger partial charge >= 0.3 is 53.7 Å². The third-order valence-corrected chi connectivity index (χ3v) is 16.2. The van der Waals surface area contributed by atoms with Gasteiger partial charge in [-0.3, -0.25) is 15.3 Å². The topological polar surface area (TPSA) is 106 Å². The van der Waals surface area contributed by atoms with Crippen molar-refractivity contribution in [3.8, 4) is 5.75 Å². The van der Waals surface area contributed by atoms with E-state index < -0.39 is 134 Å². The molecule has 0 aliphatic heterocycles. The highest BCUT2D eigenvalue weighted by Gasteiger charge is 2.95. The lowest BCUT2D eigenvalue weighted by Gasteiger charge is -2.44. The van der Waals surface area contributed by atoms with Crippen molar-refractivity contribution >= 4 is 26.0 Å². The number of hydroxylamine groups is 1. The normalized spacial score (nSPS) is 15.2. The van der Waals surface area contributed by atoms with Gasteiger partial charge in [0.1, 0.15) is 30.1 Å². The Morgan fingerprint density at radius 1 is 0.697 bits per heavy atom. The fraction of sp³-hybridized carbons (Fsp3) is 0.579. The molecule has 66 heavy (non-hydrogen) atoms. The molecule has 28 heteroatoms. The van der Waals surface area contributed by atoms with Crippen LogP contribution in [0.15, 0.2) is 54.1 Å². The van der Waals surface area contributed by atoms with Crippen molar-refractivity contribution in [1.29, 1.82) is 0 Å². The summed E-state index contributed by atoms with van der Waals surface area (Å²) in [4.78, 5) is 24.6. The Bertz CT molecular complexity index is 2010. The highest BCUT2D eigenvalue weighted by molar-refractivity contribution is 6.76. The molecule has 0 aromatic heterocycles. The third kappa shape index (κ3) is 11.3. The van der Waals surface area contributed by atoms with Crippen molar-refractivity contribution < 1.29 is 112 Å². The summed E-state index contributed by atoms with van der Waals surface area (Å²) in [5.41, 5.74) is -0.540. The second kappa shape index (κ2) is 20.4. The van der Waals surface area contributed by atoms with E-state index in [1.165, 1.54) is 71.3 Å². The van der Waals surface area contributed by atoms with Gasteiger partial charge in [0.15, 0.2) is 8.32 Å². The number of amides is 2. The predicted octanol–water partition coefficient (Wildman–Crippen LogP) is 12.9. The first-order chi connectivity index (χ1) is 29.7. The van der Waals surface area contributed by atoms with Crippen LogP contribution in [0.2, 0.25) is 17.1 Å². The van der Waals surface area contributed by atoms with E-state index in [1.54, 1.807) is 0 Å². The van der Waals surface area contributed by atoms with Crippen molar-refractivity contribution in [2.45, 2.75) is 119 Å². The summed E-state index contributed by atoms with van der Waals surface area (Å²) in [6.45, 7) is 6.90. The monoisotopic (exact) mass is 1010 g/mol. The highest BCUT2D eigenvalue weighted by Crippen LogP contribution is 2.64. The smallest absolute Gasteiger partial charge is 0.460 e. The third-order valence-electron chi connectivity index (χ3n) is 10.5. The Morgan fingerprint density at radius 2 is 1.18 bits per heavy atom. The second-order valence-corrected chi connectivity index (χ2v) is 20.4. The number of hydrogen-bond acceptors (Lipinski definition) is 6. The number of ether oxygens (including phenoxy) is 2. The Balaban J connectivity index is 2.33. The van der Waals surface area contributed by atoms with E-state index in [0.717, 1.165) is 18.2 Å². The van der Waals surface area contributed by atoms with Crippen LogP contribution < -0.4 is 15.5 Å². The number of carbonyl (C=O) groups excluding carboxylic acids is 2. The van der Waals surface area contributed by atoms with Crippen LogP contribution in [-0.2, 0) is 14.0 Å². The molecule has 8 nitrogen and oxygen atoms in total. The van der Waals surface area contributed by atoms with Gasteiger partial charge in [0.25, 0.3) is 5.91 Å². The number of anilines is 1. The van der Waals surface area contributed by atoms with Gasteiger partial charge in [-0.15, -0.1) is 0 Å². The number of hydrogen-bond donors (Lipinski definition) is 3. The molecule has 0 aliphatic rings. The molecule has 2 aromatic rings. The molecule has 0 saturated heterocycles. The zero-order valence-electron chi connectivity index (χ0n) is 34.9. The van der Waals surface area contributed by atoms with Gasteiger partial charge in [0.05, 0.1) is 12.3 Å². The van der Waals surface area contributed by atoms with Crippen LogP contribution in [0.3, 0.4) is 0 Å². The van der Waals surface area contributed by atoms with Gasteiger partial charge in [-0.2, -0.15) is 74.6 Å². The second-order valence-electron chi connectivity index (χ2n) is 15.4. The maximum Gasteiger partial charge on any atom is 0.460 e. The summed E-state index contributed by atoms with van der Waals surface area (Å²) in [5.74, 6) is -61.0. The molecule has 0 bridgehead atoms. The first-order valence-corrected chi connectivity index (χ1v) is 21.1. The fourth-order valence-corrected chi connectivity index (χ4v) is 10.9. The zero-order valence-corrected chi connectivity index (χ0v) is 35.9. The van der Waals surface area contributed by atoms with E-state index in [2.05, 4.69) is 5.32 Å². The molecule has 0 fully saturated rings. The Labute approximate surface area is 363 Å². The van der Waals surface area contributed by atoms with Gasteiger partial charge in [-0.05, 0) is 53.9 Å². The number of halogens is 19. The lowest BCUT2D eigenvalue weighted by atomic mass is 9.88. The molecule has 3 N–H and O–H groups in total. The number of nitrogens with one attached hydrogen (secondary N) is 2. The van der Waals surface area contributed by atoms with Crippen LogP contribution in [0.5, 0.6) is 5.75 Å². The van der Waals surface area contributed by atoms with Crippen LogP contribution in [0.1, 0.15) is 59.6 Å². The lowest BCUT2D eigenvalue weighted by molar-refractivity contribution is -0.461. The van der Waals surface area contributed by atoms with Gasteiger partial charge in [-0.25, -0.2) is 19.1 Å². The maximum absolute atomic E-state index is 15.0. The molecule has 0 heterocycles. The number of benzene rings is 2. The maximum atomic E-state index is 15.0. The van der Waals surface area contributed by atoms with E-state index in [1.807, 2.05) is 0 Å². The van der Waals surface area contributed by atoms with Crippen molar-refractivity contribution in [2.75, 3.05) is 18.5 Å².